The summed E-state index contributed by atoms with van der Waals surface area (Å²) < 4.78 is 18.9. The van der Waals surface area contributed by atoms with Crippen molar-refractivity contribution >= 4 is 11.7 Å². The molecule has 142 valence electrons. The van der Waals surface area contributed by atoms with Gasteiger partial charge in [0.1, 0.15) is 18.2 Å². The van der Waals surface area contributed by atoms with Crippen molar-refractivity contribution < 1.29 is 13.9 Å². The third-order valence-electron chi connectivity index (χ3n) is 4.86. The van der Waals surface area contributed by atoms with E-state index in [2.05, 4.69) is 10.6 Å². The number of benzene rings is 3. The lowest BCUT2D eigenvalue weighted by Gasteiger charge is -2.18. The van der Waals surface area contributed by atoms with Crippen molar-refractivity contribution in [1.29, 1.82) is 0 Å². The van der Waals surface area contributed by atoms with Crippen molar-refractivity contribution in [3.63, 3.8) is 0 Å². The van der Waals surface area contributed by atoms with Crippen LogP contribution in [0.2, 0.25) is 0 Å². The summed E-state index contributed by atoms with van der Waals surface area (Å²) in [5.74, 6) is 0.457. The van der Waals surface area contributed by atoms with Crippen LogP contribution >= 0.6 is 0 Å². The van der Waals surface area contributed by atoms with E-state index in [1.807, 2.05) is 42.5 Å². The maximum Gasteiger partial charge on any atom is 0.319 e. The fourth-order valence-electron chi connectivity index (χ4n) is 3.13. The number of hydrogen-bond donors (Lipinski definition) is 2. The van der Waals surface area contributed by atoms with Crippen molar-refractivity contribution in [3.05, 3.63) is 95.8 Å². The first-order valence-electron chi connectivity index (χ1n) is 9.25. The molecule has 0 unspecified atom stereocenters. The summed E-state index contributed by atoms with van der Waals surface area (Å²) >= 11 is 0. The van der Waals surface area contributed by atoms with Crippen LogP contribution in [-0.2, 0) is 12.1 Å². The molecule has 1 aliphatic carbocycles. The summed E-state index contributed by atoms with van der Waals surface area (Å²) in [6, 6.07) is 23.2. The van der Waals surface area contributed by atoms with E-state index in [0.717, 1.165) is 29.7 Å². The van der Waals surface area contributed by atoms with Crippen molar-refractivity contribution in [2.45, 2.75) is 25.0 Å². The molecule has 3 aromatic carbocycles. The molecule has 1 fully saturated rings. The van der Waals surface area contributed by atoms with Gasteiger partial charge in [0.25, 0.3) is 0 Å². The van der Waals surface area contributed by atoms with E-state index >= 15 is 0 Å². The van der Waals surface area contributed by atoms with Gasteiger partial charge in [-0.05, 0) is 60.4 Å². The van der Waals surface area contributed by atoms with Gasteiger partial charge in [-0.2, -0.15) is 0 Å². The van der Waals surface area contributed by atoms with Crippen LogP contribution in [0.1, 0.15) is 24.0 Å². The largest absolute Gasteiger partial charge is 0.489 e. The van der Waals surface area contributed by atoms with Crippen LogP contribution in [0, 0.1) is 5.82 Å². The smallest absolute Gasteiger partial charge is 0.319 e. The van der Waals surface area contributed by atoms with Crippen LogP contribution in [0.4, 0.5) is 14.9 Å². The Morgan fingerprint density at radius 2 is 1.61 bits per heavy atom. The molecule has 0 atom stereocenters. The molecule has 4 rings (SSSR count). The molecule has 0 saturated heterocycles. The number of halogens is 1. The van der Waals surface area contributed by atoms with Gasteiger partial charge in [0, 0.05) is 5.69 Å². The Bertz CT molecular complexity index is 937. The molecule has 2 amide bonds. The summed E-state index contributed by atoms with van der Waals surface area (Å²) in [6.07, 6.45) is 1.69. The SMILES string of the molecule is O=C(Nc1ccc(OCc2ccccc2)cc1)NC1(c2ccc(F)cc2)CC1. The van der Waals surface area contributed by atoms with Gasteiger partial charge in [-0.25, -0.2) is 9.18 Å². The molecule has 5 heteroatoms. The van der Waals surface area contributed by atoms with Gasteiger partial charge in [-0.15, -0.1) is 0 Å². The number of nitrogens with one attached hydrogen (secondary N) is 2. The molecular weight excluding hydrogens is 355 g/mol. The maximum atomic E-state index is 13.1. The number of urea groups is 1. The molecule has 0 spiro atoms. The van der Waals surface area contributed by atoms with Crippen LogP contribution in [0.3, 0.4) is 0 Å². The standard InChI is InChI=1S/C23H21FN2O2/c24-19-8-6-18(7-9-19)23(14-15-23)26-22(27)25-20-10-12-21(13-11-20)28-16-17-4-2-1-3-5-17/h1-13H,14-16H2,(H2,25,26,27). The Morgan fingerprint density at radius 1 is 0.929 bits per heavy atom. The van der Waals surface area contributed by atoms with E-state index in [4.69, 9.17) is 4.74 Å². The molecule has 0 radical (unpaired) electrons. The number of ether oxygens (including phenoxy) is 1. The van der Waals surface area contributed by atoms with E-state index < -0.39 is 5.54 Å². The molecule has 4 nitrogen and oxygen atoms in total. The molecule has 28 heavy (non-hydrogen) atoms. The highest BCUT2D eigenvalue weighted by Crippen LogP contribution is 2.45. The van der Waals surface area contributed by atoms with E-state index in [-0.39, 0.29) is 11.8 Å². The highest BCUT2D eigenvalue weighted by Gasteiger charge is 2.45. The monoisotopic (exact) mass is 376 g/mol. The molecular formula is C23H21FN2O2. The summed E-state index contributed by atoms with van der Waals surface area (Å²) in [4.78, 5) is 12.4. The third kappa shape index (κ3) is 4.31. The summed E-state index contributed by atoms with van der Waals surface area (Å²) in [7, 11) is 0. The quantitative estimate of drug-likeness (QED) is 0.620. The number of rotatable bonds is 6. The van der Waals surface area contributed by atoms with Gasteiger partial charge >= 0.3 is 6.03 Å². The molecule has 0 bridgehead atoms. The fraction of sp³-hybridized carbons (Fsp3) is 0.174. The van der Waals surface area contributed by atoms with Gasteiger partial charge in [-0.1, -0.05) is 42.5 Å². The van der Waals surface area contributed by atoms with Crippen molar-refractivity contribution in [2.24, 2.45) is 0 Å². The zero-order valence-electron chi connectivity index (χ0n) is 15.3. The molecule has 3 aromatic rings. The molecule has 0 aliphatic heterocycles. The Kier molecular flexibility index (Phi) is 4.98. The number of carbonyl (C=O) groups is 1. The Labute approximate surface area is 163 Å². The Hall–Kier alpha value is -3.34. The molecule has 2 N–H and O–H groups in total. The lowest BCUT2D eigenvalue weighted by molar-refractivity contribution is 0.247. The fourth-order valence-corrected chi connectivity index (χ4v) is 3.13. The van der Waals surface area contributed by atoms with Crippen LogP contribution in [0.15, 0.2) is 78.9 Å². The first-order chi connectivity index (χ1) is 13.6. The molecule has 0 heterocycles. The van der Waals surface area contributed by atoms with E-state index in [9.17, 15) is 9.18 Å². The second kappa shape index (κ2) is 7.72. The summed E-state index contributed by atoms with van der Waals surface area (Å²) in [5, 5.41) is 5.85. The van der Waals surface area contributed by atoms with Crippen LogP contribution < -0.4 is 15.4 Å². The first-order valence-corrected chi connectivity index (χ1v) is 9.25. The number of amides is 2. The van der Waals surface area contributed by atoms with Gasteiger partial charge in [0.15, 0.2) is 0 Å². The minimum atomic E-state index is -0.392. The van der Waals surface area contributed by atoms with Crippen molar-refractivity contribution in [3.8, 4) is 5.75 Å². The number of hydrogen-bond acceptors (Lipinski definition) is 2. The average Bonchev–Trinajstić information content (AvgIpc) is 3.49. The second-order valence-electron chi connectivity index (χ2n) is 6.97. The maximum absolute atomic E-state index is 13.1. The lowest BCUT2D eigenvalue weighted by atomic mass is 10.1. The van der Waals surface area contributed by atoms with Gasteiger partial charge < -0.3 is 15.4 Å². The van der Waals surface area contributed by atoms with Crippen LogP contribution in [0.25, 0.3) is 0 Å². The summed E-state index contributed by atoms with van der Waals surface area (Å²) in [6.45, 7) is 0.494. The van der Waals surface area contributed by atoms with Crippen molar-refractivity contribution in [1.82, 2.24) is 5.32 Å². The van der Waals surface area contributed by atoms with E-state index in [1.54, 1.807) is 24.3 Å². The number of anilines is 1. The zero-order chi connectivity index (χ0) is 19.4. The van der Waals surface area contributed by atoms with Crippen LogP contribution in [0.5, 0.6) is 5.75 Å². The van der Waals surface area contributed by atoms with Gasteiger partial charge in [-0.3, -0.25) is 0 Å². The Morgan fingerprint density at radius 3 is 2.25 bits per heavy atom. The van der Waals surface area contributed by atoms with Gasteiger partial charge in [0.2, 0.25) is 0 Å². The number of carbonyl (C=O) groups excluding carboxylic acids is 1. The minimum absolute atomic E-state index is 0.278. The minimum Gasteiger partial charge on any atom is -0.489 e. The second-order valence-corrected chi connectivity index (χ2v) is 6.97. The van der Waals surface area contributed by atoms with Crippen LogP contribution in [-0.4, -0.2) is 6.03 Å². The first kappa shape index (κ1) is 18.0. The molecule has 1 aliphatic rings. The average molecular weight is 376 g/mol. The summed E-state index contributed by atoms with van der Waals surface area (Å²) in [5.41, 5.74) is 2.31. The predicted octanol–water partition coefficient (Wildman–Crippen LogP) is 5.22. The van der Waals surface area contributed by atoms with E-state index in [0.29, 0.717) is 12.3 Å². The highest BCUT2D eigenvalue weighted by molar-refractivity contribution is 5.90. The third-order valence-corrected chi connectivity index (χ3v) is 4.86. The van der Waals surface area contributed by atoms with Crippen molar-refractivity contribution in [2.75, 3.05) is 5.32 Å². The van der Waals surface area contributed by atoms with Gasteiger partial charge in [0.05, 0.1) is 5.54 Å². The lowest BCUT2D eigenvalue weighted by Crippen LogP contribution is -2.38. The highest BCUT2D eigenvalue weighted by atomic mass is 19.1. The Balaban J connectivity index is 1.31. The topological polar surface area (TPSA) is 50.4 Å². The predicted molar refractivity (Wildman–Crippen MR) is 107 cm³/mol. The zero-order valence-corrected chi connectivity index (χ0v) is 15.3. The molecule has 1 saturated carbocycles. The molecule has 0 aromatic heterocycles. The normalized spacial score (nSPS) is 14.2. The van der Waals surface area contributed by atoms with E-state index in [1.165, 1.54) is 12.1 Å².